The highest BCUT2D eigenvalue weighted by Gasteiger charge is 2.44. The Labute approximate surface area is 170 Å². The first-order valence-electron chi connectivity index (χ1n) is 9.27. The number of carbonyl (C=O) groups excluding carboxylic acids is 3. The van der Waals surface area contributed by atoms with E-state index in [4.69, 9.17) is 11.6 Å². The Balaban J connectivity index is 2.11. The van der Waals surface area contributed by atoms with E-state index in [1.165, 1.54) is 11.8 Å². The molecule has 154 valence electrons. The van der Waals surface area contributed by atoms with Gasteiger partial charge in [0.15, 0.2) is 0 Å². The maximum Gasteiger partial charge on any atom is 0.246 e. The number of halogens is 1. The summed E-state index contributed by atoms with van der Waals surface area (Å²) in [7, 11) is 0. The second-order valence-corrected chi connectivity index (χ2v) is 8.68. The van der Waals surface area contributed by atoms with Crippen LogP contribution in [-0.2, 0) is 20.9 Å². The van der Waals surface area contributed by atoms with Crippen molar-refractivity contribution in [2.24, 2.45) is 5.41 Å². The first kappa shape index (κ1) is 22.2. The van der Waals surface area contributed by atoms with Gasteiger partial charge in [-0.25, -0.2) is 0 Å². The highest BCUT2D eigenvalue weighted by atomic mass is 35.5. The van der Waals surface area contributed by atoms with Gasteiger partial charge in [-0.3, -0.25) is 14.4 Å². The number of aliphatic hydroxyl groups excluding tert-OH is 1. The molecule has 0 saturated carbocycles. The monoisotopic (exact) mass is 409 g/mol. The first-order valence-corrected chi connectivity index (χ1v) is 9.64. The molecule has 1 aliphatic heterocycles. The fourth-order valence-corrected chi connectivity index (χ4v) is 3.36. The molecule has 7 nitrogen and oxygen atoms in total. The van der Waals surface area contributed by atoms with Gasteiger partial charge in [0.25, 0.3) is 0 Å². The third-order valence-electron chi connectivity index (χ3n) is 4.71. The minimum Gasteiger partial charge on any atom is -0.391 e. The number of benzene rings is 1. The smallest absolute Gasteiger partial charge is 0.246 e. The van der Waals surface area contributed by atoms with Crippen LogP contribution in [-0.4, -0.2) is 52.5 Å². The second kappa shape index (κ2) is 8.92. The van der Waals surface area contributed by atoms with Crippen molar-refractivity contribution in [1.29, 1.82) is 0 Å². The lowest BCUT2D eigenvalue weighted by Gasteiger charge is -2.35. The molecule has 1 aliphatic rings. The predicted octanol–water partition coefficient (Wildman–Crippen LogP) is 1.47. The van der Waals surface area contributed by atoms with E-state index in [-0.39, 0.29) is 30.7 Å². The molecule has 0 aliphatic carbocycles. The Kier molecular flexibility index (Phi) is 7.06. The molecule has 0 unspecified atom stereocenters. The van der Waals surface area contributed by atoms with Crippen LogP contribution in [0.5, 0.6) is 0 Å². The Morgan fingerprint density at radius 3 is 2.39 bits per heavy atom. The lowest BCUT2D eigenvalue weighted by atomic mass is 9.85. The molecule has 1 heterocycles. The number of rotatable bonds is 5. The molecule has 1 saturated heterocycles. The number of hydrogen-bond acceptors (Lipinski definition) is 4. The summed E-state index contributed by atoms with van der Waals surface area (Å²) in [5.41, 5.74) is 0.334. The molecule has 1 fully saturated rings. The number of amides is 3. The fourth-order valence-electron chi connectivity index (χ4n) is 3.23. The topological polar surface area (TPSA) is 98.7 Å². The van der Waals surface area contributed by atoms with Crippen molar-refractivity contribution in [2.75, 3.05) is 6.54 Å². The van der Waals surface area contributed by atoms with E-state index in [0.717, 1.165) is 5.56 Å². The number of β-amino-alcohol motifs (C(OH)–C–C–N with tert-alkyl or cyclic N) is 1. The summed E-state index contributed by atoms with van der Waals surface area (Å²) in [6, 6.07) is 5.51. The van der Waals surface area contributed by atoms with Gasteiger partial charge in [-0.2, -0.15) is 0 Å². The number of likely N-dealkylation sites (tertiary alicyclic amines) is 1. The van der Waals surface area contributed by atoms with Crippen molar-refractivity contribution in [2.45, 2.75) is 58.8 Å². The van der Waals surface area contributed by atoms with E-state index >= 15 is 0 Å². The van der Waals surface area contributed by atoms with Gasteiger partial charge in [0.2, 0.25) is 17.7 Å². The average molecular weight is 410 g/mol. The largest absolute Gasteiger partial charge is 0.391 e. The Bertz CT molecular complexity index is 730. The quantitative estimate of drug-likeness (QED) is 0.685. The molecule has 1 aromatic rings. The zero-order chi connectivity index (χ0) is 21.1. The van der Waals surface area contributed by atoms with Crippen LogP contribution in [0.4, 0.5) is 0 Å². The zero-order valence-corrected chi connectivity index (χ0v) is 17.4. The van der Waals surface area contributed by atoms with Gasteiger partial charge in [0, 0.05) is 31.5 Å². The third-order valence-corrected chi connectivity index (χ3v) is 4.96. The van der Waals surface area contributed by atoms with E-state index in [1.807, 2.05) is 20.8 Å². The zero-order valence-electron chi connectivity index (χ0n) is 16.7. The van der Waals surface area contributed by atoms with Crippen molar-refractivity contribution < 1.29 is 19.5 Å². The number of carbonyl (C=O) groups is 3. The summed E-state index contributed by atoms with van der Waals surface area (Å²) in [5.74, 6) is -1.03. The minimum absolute atomic E-state index is 0.0596. The van der Waals surface area contributed by atoms with Gasteiger partial charge in [0.05, 0.1) is 6.10 Å². The number of nitrogens with one attached hydrogen (secondary N) is 2. The molecular formula is C20H28ClN3O4. The van der Waals surface area contributed by atoms with Crippen molar-refractivity contribution in [3.8, 4) is 0 Å². The molecule has 0 bridgehead atoms. The highest BCUT2D eigenvalue weighted by Crippen LogP contribution is 2.26. The van der Waals surface area contributed by atoms with Gasteiger partial charge < -0.3 is 20.6 Å². The summed E-state index contributed by atoms with van der Waals surface area (Å²) in [4.78, 5) is 38.7. The van der Waals surface area contributed by atoms with Crippen molar-refractivity contribution >= 4 is 29.3 Å². The molecule has 2 rings (SSSR count). The van der Waals surface area contributed by atoms with Crippen molar-refractivity contribution in [1.82, 2.24) is 15.5 Å². The lowest BCUT2D eigenvalue weighted by molar-refractivity contribution is -0.143. The molecule has 8 heteroatoms. The fraction of sp³-hybridized carbons (Fsp3) is 0.550. The molecule has 0 spiro atoms. The van der Waals surface area contributed by atoms with Gasteiger partial charge in [0.1, 0.15) is 12.1 Å². The normalized spacial score (nSPS) is 20.6. The maximum atomic E-state index is 13.1. The Morgan fingerprint density at radius 1 is 1.25 bits per heavy atom. The van der Waals surface area contributed by atoms with Crippen LogP contribution in [0.1, 0.15) is 39.7 Å². The van der Waals surface area contributed by atoms with Crippen LogP contribution in [0.2, 0.25) is 5.02 Å². The van der Waals surface area contributed by atoms with Crippen LogP contribution < -0.4 is 10.6 Å². The SMILES string of the molecule is CC(=O)N[C@H](C(=O)N1C[C@H](O)C[C@H]1C(=O)NCc1ccc(Cl)cc1)C(C)(C)C. The summed E-state index contributed by atoms with van der Waals surface area (Å²) < 4.78 is 0. The number of hydrogen-bond donors (Lipinski definition) is 3. The second-order valence-electron chi connectivity index (χ2n) is 8.24. The predicted molar refractivity (Wildman–Crippen MR) is 106 cm³/mol. The number of nitrogens with zero attached hydrogens (tertiary/aromatic N) is 1. The molecule has 0 radical (unpaired) electrons. The summed E-state index contributed by atoms with van der Waals surface area (Å²) in [6.45, 7) is 7.22. The van der Waals surface area contributed by atoms with Crippen molar-refractivity contribution in [3.63, 3.8) is 0 Å². The molecule has 1 aromatic carbocycles. The third kappa shape index (κ3) is 5.69. The highest BCUT2D eigenvalue weighted by molar-refractivity contribution is 6.30. The number of aliphatic hydroxyl groups is 1. The average Bonchev–Trinajstić information content (AvgIpc) is 2.99. The van der Waals surface area contributed by atoms with E-state index < -0.39 is 23.6 Å². The molecule has 28 heavy (non-hydrogen) atoms. The van der Waals surface area contributed by atoms with Crippen LogP contribution in [0, 0.1) is 5.41 Å². The standard InChI is InChI=1S/C20H28ClN3O4/c1-12(25)23-17(20(2,3)4)19(28)24-11-15(26)9-16(24)18(27)22-10-13-5-7-14(21)8-6-13/h5-8,15-17,26H,9-11H2,1-4H3,(H,22,27)(H,23,25)/t15-,16+,17-/m1/s1. The first-order chi connectivity index (χ1) is 13.0. The van der Waals surface area contributed by atoms with E-state index in [0.29, 0.717) is 11.6 Å². The van der Waals surface area contributed by atoms with Crippen molar-refractivity contribution in [3.05, 3.63) is 34.9 Å². The van der Waals surface area contributed by atoms with E-state index in [2.05, 4.69) is 10.6 Å². The molecular weight excluding hydrogens is 382 g/mol. The van der Waals surface area contributed by atoms with Crippen LogP contribution >= 0.6 is 11.6 Å². The molecule has 3 N–H and O–H groups in total. The van der Waals surface area contributed by atoms with Crippen LogP contribution in [0.15, 0.2) is 24.3 Å². The van der Waals surface area contributed by atoms with Crippen LogP contribution in [0.25, 0.3) is 0 Å². The Hall–Kier alpha value is -2.12. The van der Waals surface area contributed by atoms with Gasteiger partial charge in [-0.05, 0) is 23.1 Å². The summed E-state index contributed by atoms with van der Waals surface area (Å²) in [6.07, 6.45) is -0.622. The van der Waals surface area contributed by atoms with Gasteiger partial charge >= 0.3 is 0 Å². The van der Waals surface area contributed by atoms with E-state index in [1.54, 1.807) is 24.3 Å². The minimum atomic E-state index is -0.790. The molecule has 3 amide bonds. The summed E-state index contributed by atoms with van der Waals surface area (Å²) in [5, 5.41) is 16.2. The summed E-state index contributed by atoms with van der Waals surface area (Å²) >= 11 is 5.86. The Morgan fingerprint density at radius 2 is 1.86 bits per heavy atom. The van der Waals surface area contributed by atoms with Crippen LogP contribution in [0.3, 0.4) is 0 Å². The van der Waals surface area contributed by atoms with Gasteiger partial charge in [-0.15, -0.1) is 0 Å². The van der Waals surface area contributed by atoms with E-state index in [9.17, 15) is 19.5 Å². The van der Waals surface area contributed by atoms with Gasteiger partial charge in [-0.1, -0.05) is 44.5 Å². The molecule has 3 atom stereocenters. The lowest BCUT2D eigenvalue weighted by Crippen LogP contribution is -2.57. The maximum absolute atomic E-state index is 13.1. The molecule has 0 aromatic heterocycles.